The van der Waals surface area contributed by atoms with Crippen LogP contribution in [0, 0.1) is 0 Å². The zero-order valence-corrected chi connectivity index (χ0v) is 24.7. The lowest BCUT2D eigenvalue weighted by Crippen LogP contribution is -2.65. The van der Waals surface area contributed by atoms with Gasteiger partial charge in [0.05, 0.1) is 35.6 Å². The first kappa shape index (κ1) is 30.6. The molecule has 0 bridgehead atoms. The third kappa shape index (κ3) is 6.39. The fraction of sp³-hybridized carbons (Fsp3) is 0.621. The number of halogens is 5. The minimum atomic E-state index is -4.53. The Morgan fingerprint density at radius 2 is 1.81 bits per heavy atom. The SMILES string of the molecule is CC(C)(C)OC(=O)N1CC(F)(CN2CCC(c3cnn(C4(C(=O)Nc5ccc(C(F)(F)F)cc5Cl)CCC4)c3)CC2)C1. The second kappa shape index (κ2) is 11.0. The fourth-order valence-electron chi connectivity index (χ4n) is 5.90. The second-order valence-corrected chi connectivity index (χ2v) is 13.2. The number of piperidine rings is 1. The van der Waals surface area contributed by atoms with E-state index in [0.717, 1.165) is 43.0 Å². The number of nitrogens with one attached hydrogen (secondary N) is 1. The molecule has 3 fully saturated rings. The fourth-order valence-corrected chi connectivity index (χ4v) is 6.13. The van der Waals surface area contributed by atoms with E-state index in [0.29, 0.717) is 25.9 Å². The van der Waals surface area contributed by atoms with Crippen molar-refractivity contribution in [1.82, 2.24) is 19.6 Å². The van der Waals surface area contributed by atoms with Gasteiger partial charge in [-0.3, -0.25) is 14.4 Å². The number of nitrogens with zero attached hydrogens (tertiary/aromatic N) is 4. The molecule has 1 saturated carbocycles. The molecule has 0 atom stereocenters. The van der Waals surface area contributed by atoms with E-state index in [-0.39, 0.29) is 42.2 Å². The molecule has 8 nitrogen and oxygen atoms in total. The maximum atomic E-state index is 15.3. The smallest absolute Gasteiger partial charge is 0.416 e. The number of alkyl halides is 4. The maximum Gasteiger partial charge on any atom is 0.416 e. The Hall–Kier alpha value is -2.86. The lowest BCUT2D eigenvalue weighted by atomic mass is 9.76. The van der Waals surface area contributed by atoms with Crippen LogP contribution in [0.5, 0.6) is 0 Å². The number of hydrogen-bond acceptors (Lipinski definition) is 5. The van der Waals surface area contributed by atoms with E-state index in [4.69, 9.17) is 16.3 Å². The number of amides is 2. The van der Waals surface area contributed by atoms with Crippen LogP contribution in [0.1, 0.15) is 69.9 Å². The van der Waals surface area contributed by atoms with Gasteiger partial charge < -0.3 is 15.0 Å². The molecule has 2 aromatic rings. The topological polar surface area (TPSA) is 79.7 Å². The van der Waals surface area contributed by atoms with Crippen LogP contribution in [0.15, 0.2) is 30.6 Å². The Kier molecular flexibility index (Phi) is 8.02. The van der Waals surface area contributed by atoms with E-state index < -0.39 is 34.6 Å². The van der Waals surface area contributed by atoms with Gasteiger partial charge in [0.15, 0.2) is 5.67 Å². The molecular weight excluding hydrogens is 578 g/mol. The second-order valence-electron chi connectivity index (χ2n) is 12.8. The average molecular weight is 614 g/mol. The molecule has 2 amide bonds. The third-order valence-electron chi connectivity index (χ3n) is 8.36. The quantitative estimate of drug-likeness (QED) is 0.392. The minimum absolute atomic E-state index is 0.0243. The van der Waals surface area contributed by atoms with Gasteiger partial charge in [-0.1, -0.05) is 11.6 Å². The molecule has 2 saturated heterocycles. The van der Waals surface area contributed by atoms with Crippen molar-refractivity contribution >= 4 is 29.3 Å². The van der Waals surface area contributed by atoms with Crippen molar-refractivity contribution in [3.8, 4) is 0 Å². The summed E-state index contributed by atoms with van der Waals surface area (Å²) >= 11 is 6.06. The van der Waals surface area contributed by atoms with Gasteiger partial charge in [0, 0.05) is 12.7 Å². The molecule has 42 heavy (non-hydrogen) atoms. The summed E-state index contributed by atoms with van der Waals surface area (Å²) < 4.78 is 61.2. The molecule has 0 unspecified atom stereocenters. The van der Waals surface area contributed by atoms with Crippen LogP contribution in [0.25, 0.3) is 0 Å². The molecule has 13 heteroatoms. The first-order chi connectivity index (χ1) is 19.6. The zero-order valence-electron chi connectivity index (χ0n) is 23.9. The number of carbonyl (C=O) groups excluding carboxylic acids is 2. The minimum Gasteiger partial charge on any atom is -0.444 e. The van der Waals surface area contributed by atoms with Gasteiger partial charge in [0.1, 0.15) is 11.1 Å². The van der Waals surface area contributed by atoms with Crippen molar-refractivity contribution in [3.05, 3.63) is 46.7 Å². The van der Waals surface area contributed by atoms with E-state index >= 15 is 4.39 Å². The van der Waals surface area contributed by atoms with Crippen LogP contribution in [0.3, 0.4) is 0 Å². The van der Waals surface area contributed by atoms with Gasteiger partial charge in [-0.15, -0.1) is 0 Å². The highest BCUT2D eigenvalue weighted by atomic mass is 35.5. The van der Waals surface area contributed by atoms with E-state index in [1.54, 1.807) is 31.6 Å². The standard InChI is InChI=1S/C29H36ClF4N5O3/c1-26(2,3)42-25(41)38-17-27(31,18-38)16-37-11-7-19(8-12-37)20-14-35-39(15-20)28(9-4-10-28)24(40)36-23-6-5-21(13-22(23)30)29(32,33)34/h5-6,13-15,19H,4,7-12,16-18H2,1-3H3,(H,36,40). The summed E-state index contributed by atoms with van der Waals surface area (Å²) in [5.74, 6) is -0.163. The molecular formula is C29H36ClF4N5O3. The zero-order chi connectivity index (χ0) is 30.5. The van der Waals surface area contributed by atoms with Gasteiger partial charge >= 0.3 is 12.3 Å². The molecule has 1 aromatic carbocycles. The number of rotatable bonds is 6. The predicted octanol–water partition coefficient (Wildman–Crippen LogP) is 6.21. The summed E-state index contributed by atoms with van der Waals surface area (Å²) in [6.07, 6.45) is 2.15. The molecule has 2 aliphatic heterocycles. The van der Waals surface area contributed by atoms with Crippen molar-refractivity contribution < 1.29 is 31.9 Å². The Bertz CT molecular complexity index is 1320. The van der Waals surface area contributed by atoms with Gasteiger partial charge in [0.25, 0.3) is 5.91 Å². The lowest BCUT2D eigenvalue weighted by Gasteiger charge is -2.47. The largest absolute Gasteiger partial charge is 0.444 e. The maximum absolute atomic E-state index is 15.3. The summed E-state index contributed by atoms with van der Waals surface area (Å²) in [7, 11) is 0. The highest BCUT2D eigenvalue weighted by Gasteiger charge is 2.49. The predicted molar refractivity (Wildman–Crippen MR) is 149 cm³/mol. The Labute approximate surface area is 247 Å². The summed E-state index contributed by atoms with van der Waals surface area (Å²) in [6, 6.07) is 2.85. The molecule has 1 N–H and O–H groups in total. The number of hydrogen-bond donors (Lipinski definition) is 1. The number of benzene rings is 1. The van der Waals surface area contributed by atoms with Gasteiger partial charge in [0.2, 0.25) is 0 Å². The van der Waals surface area contributed by atoms with Gasteiger partial charge in [-0.2, -0.15) is 18.3 Å². The van der Waals surface area contributed by atoms with Crippen LogP contribution >= 0.6 is 11.6 Å². The molecule has 230 valence electrons. The highest BCUT2D eigenvalue weighted by molar-refractivity contribution is 6.33. The number of likely N-dealkylation sites (tertiary alicyclic amines) is 2. The van der Waals surface area contributed by atoms with E-state index in [9.17, 15) is 22.8 Å². The molecule has 1 aromatic heterocycles. The van der Waals surface area contributed by atoms with Gasteiger partial charge in [-0.05, 0) is 95.6 Å². The van der Waals surface area contributed by atoms with Crippen LogP contribution in [0.4, 0.5) is 28.0 Å². The monoisotopic (exact) mass is 613 g/mol. The molecule has 0 spiro atoms. The molecule has 3 heterocycles. The van der Waals surface area contributed by atoms with Crippen molar-refractivity contribution in [2.75, 3.05) is 38.0 Å². The van der Waals surface area contributed by atoms with Crippen molar-refractivity contribution in [3.63, 3.8) is 0 Å². The normalized spacial score (nSPS) is 20.9. The number of ether oxygens (including phenoxy) is 1. The Morgan fingerprint density at radius 3 is 2.36 bits per heavy atom. The highest BCUT2D eigenvalue weighted by Crippen LogP contribution is 2.42. The Morgan fingerprint density at radius 1 is 1.14 bits per heavy atom. The third-order valence-corrected chi connectivity index (χ3v) is 8.67. The van der Waals surface area contributed by atoms with Crippen molar-refractivity contribution in [2.45, 2.75) is 81.8 Å². The number of carbonyl (C=O) groups is 2. The van der Waals surface area contributed by atoms with Gasteiger partial charge in [-0.25, -0.2) is 9.18 Å². The molecule has 1 aliphatic carbocycles. The number of aromatic nitrogens is 2. The van der Waals surface area contributed by atoms with Crippen LogP contribution in [-0.4, -0.2) is 75.6 Å². The van der Waals surface area contributed by atoms with Crippen LogP contribution in [-0.2, 0) is 21.2 Å². The van der Waals surface area contributed by atoms with E-state index in [1.165, 1.54) is 4.90 Å². The summed E-state index contributed by atoms with van der Waals surface area (Å²) in [6.45, 7) is 7.04. The van der Waals surface area contributed by atoms with Crippen LogP contribution in [0.2, 0.25) is 5.02 Å². The summed E-state index contributed by atoms with van der Waals surface area (Å²) in [5, 5.41) is 7.04. The average Bonchev–Trinajstić information content (AvgIpc) is 3.32. The lowest BCUT2D eigenvalue weighted by molar-refractivity contribution is -0.137. The molecule has 3 aliphatic rings. The first-order valence-electron chi connectivity index (χ1n) is 14.2. The summed E-state index contributed by atoms with van der Waals surface area (Å²) in [4.78, 5) is 29.0. The van der Waals surface area contributed by atoms with Crippen molar-refractivity contribution in [1.29, 1.82) is 0 Å². The summed E-state index contributed by atoms with van der Waals surface area (Å²) in [5.41, 5.74) is -2.78. The van der Waals surface area contributed by atoms with Crippen LogP contribution < -0.4 is 5.32 Å². The first-order valence-corrected chi connectivity index (χ1v) is 14.6. The van der Waals surface area contributed by atoms with E-state index in [1.807, 2.05) is 6.20 Å². The van der Waals surface area contributed by atoms with E-state index in [2.05, 4.69) is 15.3 Å². The molecule has 5 rings (SSSR count). The number of anilines is 1. The Balaban J connectivity index is 1.15. The molecule has 0 radical (unpaired) electrons. The van der Waals surface area contributed by atoms with Crippen molar-refractivity contribution in [2.24, 2.45) is 0 Å².